The van der Waals surface area contributed by atoms with Crippen molar-refractivity contribution in [3.05, 3.63) is 22.8 Å². The number of carbonyl (C=O) groups excluding carboxylic acids is 1. The predicted octanol–water partition coefficient (Wildman–Crippen LogP) is 2.81. The summed E-state index contributed by atoms with van der Waals surface area (Å²) < 4.78 is 43.9. The molecule has 0 spiro atoms. The molecule has 0 radical (unpaired) electrons. The van der Waals surface area contributed by atoms with E-state index in [1.54, 1.807) is 6.92 Å². The first-order chi connectivity index (χ1) is 7.83. The molecule has 0 N–H and O–H groups in total. The molecule has 0 aliphatic heterocycles. The number of ether oxygens (including phenoxy) is 2. The van der Waals surface area contributed by atoms with Crippen molar-refractivity contribution in [2.45, 2.75) is 13.3 Å². The van der Waals surface area contributed by atoms with Gasteiger partial charge in [0.1, 0.15) is 0 Å². The van der Waals surface area contributed by atoms with Gasteiger partial charge in [0.15, 0.2) is 5.69 Å². The Bertz CT molecular complexity index is 422. The molecule has 0 aliphatic rings. The van der Waals surface area contributed by atoms with E-state index < -0.39 is 23.9 Å². The fourth-order valence-electron chi connectivity index (χ4n) is 0.942. The second-order valence-electron chi connectivity index (χ2n) is 2.75. The number of carbonyl (C=O) groups is 1. The van der Waals surface area contributed by atoms with Gasteiger partial charge in [0.25, 0.3) is 0 Å². The molecule has 0 atom stereocenters. The van der Waals surface area contributed by atoms with Crippen molar-refractivity contribution >= 4 is 17.6 Å². The highest BCUT2D eigenvalue weighted by atomic mass is 35.5. The molecule has 0 fully saturated rings. The summed E-state index contributed by atoms with van der Waals surface area (Å²) in [7, 11) is 0. The van der Waals surface area contributed by atoms with Crippen LogP contribution < -0.4 is 4.74 Å². The molecule has 0 amide bonds. The number of alkyl halides is 3. The van der Waals surface area contributed by atoms with Gasteiger partial charge < -0.3 is 9.47 Å². The maximum absolute atomic E-state index is 11.9. The summed E-state index contributed by atoms with van der Waals surface area (Å²) in [5.41, 5.74) is -0.421. The molecule has 0 bridgehead atoms. The van der Waals surface area contributed by atoms with Crippen molar-refractivity contribution in [3.8, 4) is 5.88 Å². The van der Waals surface area contributed by atoms with E-state index >= 15 is 0 Å². The van der Waals surface area contributed by atoms with Gasteiger partial charge in [-0.15, -0.1) is 13.2 Å². The van der Waals surface area contributed by atoms with Crippen LogP contribution >= 0.6 is 11.6 Å². The van der Waals surface area contributed by atoms with Gasteiger partial charge in [-0.3, -0.25) is 0 Å². The van der Waals surface area contributed by atoms with Crippen molar-refractivity contribution in [2.75, 3.05) is 6.61 Å². The summed E-state index contributed by atoms with van der Waals surface area (Å²) in [4.78, 5) is 14.6. The minimum Gasteiger partial charge on any atom is -0.461 e. The molecule has 1 rings (SSSR count). The normalized spacial score (nSPS) is 11.1. The van der Waals surface area contributed by atoms with Crippen molar-refractivity contribution in [1.82, 2.24) is 4.98 Å². The maximum atomic E-state index is 11.9. The minimum absolute atomic E-state index is 0.0567. The smallest absolute Gasteiger partial charge is 0.461 e. The predicted molar refractivity (Wildman–Crippen MR) is 51.9 cm³/mol. The van der Waals surface area contributed by atoms with E-state index in [9.17, 15) is 18.0 Å². The molecule has 4 nitrogen and oxygen atoms in total. The van der Waals surface area contributed by atoms with Crippen LogP contribution in [0.4, 0.5) is 13.2 Å². The van der Waals surface area contributed by atoms with E-state index in [2.05, 4.69) is 14.5 Å². The van der Waals surface area contributed by atoms with Gasteiger partial charge in [0.2, 0.25) is 5.88 Å². The lowest BCUT2D eigenvalue weighted by molar-refractivity contribution is -0.276. The molecule has 1 aromatic heterocycles. The fourth-order valence-corrected chi connectivity index (χ4v) is 1.12. The number of aromatic nitrogens is 1. The Morgan fingerprint density at radius 1 is 1.47 bits per heavy atom. The van der Waals surface area contributed by atoms with Crippen LogP contribution in [0, 0.1) is 0 Å². The standard InChI is InChI=1S/C9H7ClF3NO3/c1-2-16-8(15)7-5(10)3-4-6(14-7)17-9(11,12)13/h3-4H,2H2,1H3. The molecular formula is C9H7ClF3NO3. The summed E-state index contributed by atoms with van der Waals surface area (Å²) >= 11 is 5.60. The lowest BCUT2D eigenvalue weighted by atomic mass is 10.3. The molecule has 94 valence electrons. The highest BCUT2D eigenvalue weighted by Gasteiger charge is 2.32. The minimum atomic E-state index is -4.88. The van der Waals surface area contributed by atoms with Crippen molar-refractivity contribution in [3.63, 3.8) is 0 Å². The SMILES string of the molecule is CCOC(=O)c1nc(OC(F)(F)F)ccc1Cl. The molecule has 0 unspecified atom stereocenters. The van der Waals surface area contributed by atoms with Gasteiger partial charge in [0, 0.05) is 6.07 Å². The first kappa shape index (κ1) is 13.6. The Hall–Kier alpha value is -1.50. The summed E-state index contributed by atoms with van der Waals surface area (Å²) in [6, 6.07) is 1.97. The molecule has 8 heteroatoms. The monoisotopic (exact) mass is 269 g/mol. The van der Waals surface area contributed by atoms with E-state index in [-0.39, 0.29) is 11.6 Å². The van der Waals surface area contributed by atoms with Crippen LogP contribution in [-0.2, 0) is 4.74 Å². The average Bonchev–Trinajstić information content (AvgIpc) is 2.19. The van der Waals surface area contributed by atoms with Gasteiger partial charge in [-0.05, 0) is 13.0 Å². The van der Waals surface area contributed by atoms with E-state index in [1.807, 2.05) is 0 Å². The zero-order valence-electron chi connectivity index (χ0n) is 8.55. The van der Waals surface area contributed by atoms with Crippen molar-refractivity contribution in [1.29, 1.82) is 0 Å². The highest BCUT2D eigenvalue weighted by molar-refractivity contribution is 6.33. The lowest BCUT2D eigenvalue weighted by Crippen LogP contribution is -2.19. The summed E-state index contributed by atoms with van der Waals surface area (Å²) in [5.74, 6) is -1.69. The van der Waals surface area contributed by atoms with E-state index in [1.165, 1.54) is 0 Å². The summed E-state index contributed by atoms with van der Waals surface area (Å²) in [6.07, 6.45) is -4.88. The van der Waals surface area contributed by atoms with Crippen molar-refractivity contribution in [2.24, 2.45) is 0 Å². The highest BCUT2D eigenvalue weighted by Crippen LogP contribution is 2.24. The lowest BCUT2D eigenvalue weighted by Gasteiger charge is -2.09. The van der Waals surface area contributed by atoms with Crippen LogP contribution in [-0.4, -0.2) is 23.9 Å². The Labute approximate surface area is 99.3 Å². The molecule has 0 saturated carbocycles. The van der Waals surface area contributed by atoms with E-state index in [4.69, 9.17) is 11.6 Å². The number of hydrogen-bond donors (Lipinski definition) is 0. The zero-order valence-corrected chi connectivity index (χ0v) is 9.30. The molecule has 0 saturated heterocycles. The van der Waals surface area contributed by atoms with Gasteiger partial charge in [-0.1, -0.05) is 11.6 Å². The average molecular weight is 270 g/mol. The van der Waals surface area contributed by atoms with Crippen LogP contribution in [0.25, 0.3) is 0 Å². The van der Waals surface area contributed by atoms with Gasteiger partial charge >= 0.3 is 12.3 Å². The molecule has 1 aromatic rings. The number of rotatable bonds is 3. The van der Waals surface area contributed by atoms with Gasteiger partial charge in [-0.25, -0.2) is 9.78 Å². The molecule has 0 aromatic carbocycles. The first-order valence-electron chi connectivity index (χ1n) is 4.43. The van der Waals surface area contributed by atoms with Crippen LogP contribution in [0.5, 0.6) is 5.88 Å². The molecule has 17 heavy (non-hydrogen) atoms. The van der Waals surface area contributed by atoms with Crippen LogP contribution in [0.15, 0.2) is 12.1 Å². The number of hydrogen-bond acceptors (Lipinski definition) is 4. The molecule has 1 heterocycles. The summed E-state index contributed by atoms with van der Waals surface area (Å²) in [6.45, 7) is 1.60. The number of pyridine rings is 1. The third-order valence-corrected chi connectivity index (χ3v) is 1.81. The quantitative estimate of drug-likeness (QED) is 0.792. The third-order valence-electron chi connectivity index (χ3n) is 1.51. The number of nitrogens with zero attached hydrogens (tertiary/aromatic N) is 1. The molecule has 0 aliphatic carbocycles. The second-order valence-corrected chi connectivity index (χ2v) is 3.16. The Kier molecular flexibility index (Phi) is 4.17. The molecular weight excluding hydrogens is 263 g/mol. The first-order valence-corrected chi connectivity index (χ1v) is 4.80. The largest absolute Gasteiger partial charge is 0.574 e. The fraction of sp³-hybridized carbons (Fsp3) is 0.333. The Balaban J connectivity index is 2.98. The summed E-state index contributed by atoms with van der Waals surface area (Å²) in [5, 5.41) is -0.113. The number of esters is 1. The van der Waals surface area contributed by atoms with E-state index in [0.29, 0.717) is 0 Å². The third kappa shape index (κ3) is 4.10. The number of halogens is 4. The maximum Gasteiger partial charge on any atom is 0.574 e. The zero-order chi connectivity index (χ0) is 13.1. The van der Waals surface area contributed by atoms with Crippen LogP contribution in [0.2, 0.25) is 5.02 Å². The van der Waals surface area contributed by atoms with Crippen LogP contribution in [0.3, 0.4) is 0 Å². The van der Waals surface area contributed by atoms with Crippen LogP contribution in [0.1, 0.15) is 17.4 Å². The van der Waals surface area contributed by atoms with Gasteiger partial charge in [-0.2, -0.15) is 0 Å². The van der Waals surface area contributed by atoms with Gasteiger partial charge in [0.05, 0.1) is 11.6 Å². The van der Waals surface area contributed by atoms with E-state index in [0.717, 1.165) is 12.1 Å². The Morgan fingerprint density at radius 2 is 2.12 bits per heavy atom. The Morgan fingerprint density at radius 3 is 2.65 bits per heavy atom. The second kappa shape index (κ2) is 5.22. The van der Waals surface area contributed by atoms with Crippen molar-refractivity contribution < 1.29 is 27.4 Å². The topological polar surface area (TPSA) is 48.4 Å².